The molecule has 0 spiro atoms. The molecule has 0 amide bonds. The first-order valence-corrected chi connectivity index (χ1v) is 12.4. The maximum absolute atomic E-state index is 13.3. The lowest BCUT2D eigenvalue weighted by Crippen LogP contribution is -2.24. The van der Waals surface area contributed by atoms with Crippen LogP contribution in [0.2, 0.25) is 0 Å². The van der Waals surface area contributed by atoms with Gasteiger partial charge < -0.3 is 28.6 Å². The van der Waals surface area contributed by atoms with Gasteiger partial charge in [-0.15, -0.1) is 0 Å². The Morgan fingerprint density at radius 2 is 2.00 bits per heavy atom. The van der Waals surface area contributed by atoms with Crippen LogP contribution in [0.5, 0.6) is 11.6 Å². The van der Waals surface area contributed by atoms with Crippen LogP contribution in [0.1, 0.15) is 35.0 Å². The number of alkyl halides is 3. The fraction of sp³-hybridized carbons (Fsp3) is 0.346. The second kappa shape index (κ2) is 11.5. The fourth-order valence-electron chi connectivity index (χ4n) is 4.25. The van der Waals surface area contributed by atoms with Crippen LogP contribution in [0.25, 0.3) is 16.9 Å². The molecule has 2 atom stereocenters. The first-order valence-electron chi connectivity index (χ1n) is 12.4. The maximum Gasteiger partial charge on any atom is 0.437 e. The van der Waals surface area contributed by atoms with Crippen molar-refractivity contribution in [2.24, 2.45) is 0 Å². The zero-order valence-corrected chi connectivity index (χ0v) is 21.5. The number of carbonyl (C=O) groups is 2. The molecule has 1 saturated heterocycles. The minimum Gasteiger partial charge on any atom is -0.460 e. The van der Waals surface area contributed by atoms with Crippen LogP contribution < -0.4 is 4.74 Å². The number of aliphatic hydroxyl groups excluding tert-OH is 1. The van der Waals surface area contributed by atoms with E-state index in [1.54, 1.807) is 6.07 Å². The summed E-state index contributed by atoms with van der Waals surface area (Å²) in [4.78, 5) is 32.9. The number of hydrogen-bond donors (Lipinski definition) is 1. The molecule has 0 saturated carbocycles. The average molecular weight is 576 g/mol. The number of carbonyl (C=O) groups excluding carboxylic acids is 2. The van der Waals surface area contributed by atoms with Gasteiger partial charge >= 0.3 is 18.1 Å². The van der Waals surface area contributed by atoms with Crippen molar-refractivity contribution in [2.45, 2.75) is 38.1 Å². The summed E-state index contributed by atoms with van der Waals surface area (Å²) in [6, 6.07) is 4.62. The van der Waals surface area contributed by atoms with Crippen LogP contribution in [-0.4, -0.2) is 68.6 Å². The predicted octanol–water partition coefficient (Wildman–Crippen LogP) is 3.61. The van der Waals surface area contributed by atoms with Crippen molar-refractivity contribution in [2.75, 3.05) is 19.8 Å². The molecule has 0 bridgehead atoms. The van der Waals surface area contributed by atoms with Gasteiger partial charge in [-0.1, -0.05) is 12.1 Å². The Balaban J connectivity index is 1.26. The Morgan fingerprint density at radius 3 is 2.73 bits per heavy atom. The summed E-state index contributed by atoms with van der Waals surface area (Å²) >= 11 is 0. The monoisotopic (exact) mass is 576 g/mol. The summed E-state index contributed by atoms with van der Waals surface area (Å²) in [5.74, 6) is -0.952. The molecule has 0 unspecified atom stereocenters. The second-order valence-corrected chi connectivity index (χ2v) is 8.93. The molecule has 12 nitrogen and oxygen atoms in total. The van der Waals surface area contributed by atoms with E-state index < -0.39 is 36.0 Å². The number of hydrogen-bond acceptors (Lipinski definition) is 11. The number of halogens is 3. The molecular formula is C26H23F3N4O8. The largest absolute Gasteiger partial charge is 0.460 e. The van der Waals surface area contributed by atoms with Crippen molar-refractivity contribution in [3.63, 3.8) is 0 Å². The highest BCUT2D eigenvalue weighted by atomic mass is 19.4. The topological polar surface area (TPSA) is 148 Å². The van der Waals surface area contributed by atoms with Gasteiger partial charge in [-0.3, -0.25) is 4.40 Å². The zero-order valence-electron chi connectivity index (χ0n) is 21.5. The third-order valence-corrected chi connectivity index (χ3v) is 6.20. The van der Waals surface area contributed by atoms with E-state index in [9.17, 15) is 27.9 Å². The minimum absolute atomic E-state index is 0.0155. The third kappa shape index (κ3) is 6.00. The lowest BCUT2D eigenvalue weighted by molar-refractivity contribution is -0.155. The molecule has 4 aromatic rings. The number of fused-ring (bicyclic) bond motifs is 1. The highest BCUT2D eigenvalue weighted by Gasteiger charge is 2.38. The van der Waals surface area contributed by atoms with Crippen molar-refractivity contribution in [3.8, 4) is 22.9 Å². The van der Waals surface area contributed by atoms with E-state index in [0.717, 1.165) is 6.26 Å². The molecule has 1 fully saturated rings. The van der Waals surface area contributed by atoms with Crippen LogP contribution in [0, 0.1) is 0 Å². The lowest BCUT2D eigenvalue weighted by Gasteiger charge is -2.12. The normalized spacial score (nSPS) is 17.1. The molecule has 0 aliphatic carbocycles. The number of aliphatic hydroxyl groups is 1. The molecule has 15 heteroatoms. The molecule has 1 aliphatic rings. The van der Waals surface area contributed by atoms with E-state index in [0.29, 0.717) is 17.7 Å². The first kappa shape index (κ1) is 28.0. The van der Waals surface area contributed by atoms with Gasteiger partial charge in [-0.2, -0.15) is 13.2 Å². The molecule has 0 radical (unpaired) electrons. The van der Waals surface area contributed by atoms with Gasteiger partial charge in [-0.25, -0.2) is 19.6 Å². The highest BCUT2D eigenvalue weighted by Crippen LogP contribution is 2.37. The lowest BCUT2D eigenvalue weighted by atomic mass is 10.1. The number of rotatable bonds is 9. The molecule has 5 rings (SSSR count). The standard InChI is InChI=1S/C26H23F3N4O8/c1-2-14-9-16(3-4-17(14)24(35)37-7-8-38-25(36)20-10-15(34)12-39-20)41-23-22-31-11-19(33(22)6-5-30-23)18-13-40-32-21(18)26(27,28)29/h3-6,9,11,13,15,20,34H,2,7-8,10,12H2,1H3/t15-,20+/m1/s1. The Bertz CT molecular complexity index is 1570. The van der Waals surface area contributed by atoms with Crippen molar-refractivity contribution >= 4 is 17.6 Å². The molecule has 1 aromatic carbocycles. The third-order valence-electron chi connectivity index (χ3n) is 6.20. The van der Waals surface area contributed by atoms with Gasteiger partial charge in [0.15, 0.2) is 11.8 Å². The molecule has 41 heavy (non-hydrogen) atoms. The van der Waals surface area contributed by atoms with E-state index >= 15 is 0 Å². The van der Waals surface area contributed by atoms with E-state index in [2.05, 4.69) is 19.6 Å². The summed E-state index contributed by atoms with van der Waals surface area (Å²) in [6.45, 7) is 1.53. The zero-order chi connectivity index (χ0) is 29.1. The van der Waals surface area contributed by atoms with Crippen molar-refractivity contribution < 1.29 is 51.3 Å². The van der Waals surface area contributed by atoms with Gasteiger partial charge in [-0.05, 0) is 30.2 Å². The van der Waals surface area contributed by atoms with Crippen molar-refractivity contribution in [1.82, 2.24) is 19.5 Å². The Hall–Kier alpha value is -4.50. The summed E-state index contributed by atoms with van der Waals surface area (Å²) in [7, 11) is 0. The predicted molar refractivity (Wildman–Crippen MR) is 131 cm³/mol. The summed E-state index contributed by atoms with van der Waals surface area (Å²) in [5, 5.41) is 12.5. The van der Waals surface area contributed by atoms with Crippen LogP contribution >= 0.6 is 0 Å². The van der Waals surface area contributed by atoms with E-state index in [1.807, 2.05) is 6.92 Å². The maximum atomic E-state index is 13.3. The molecule has 216 valence electrons. The summed E-state index contributed by atoms with van der Waals surface area (Å²) < 4.78 is 67.2. The number of aromatic nitrogens is 4. The van der Waals surface area contributed by atoms with Gasteiger partial charge in [0.1, 0.15) is 25.2 Å². The number of imidazole rings is 1. The minimum atomic E-state index is -4.72. The number of nitrogens with zero attached hydrogens (tertiary/aromatic N) is 4. The molecule has 3 aromatic heterocycles. The van der Waals surface area contributed by atoms with Crippen LogP contribution in [0.4, 0.5) is 13.2 Å². The summed E-state index contributed by atoms with van der Waals surface area (Å²) in [6.07, 6.45) is -0.801. The second-order valence-electron chi connectivity index (χ2n) is 8.93. The molecule has 1 aliphatic heterocycles. The van der Waals surface area contributed by atoms with Gasteiger partial charge in [0.25, 0.3) is 5.88 Å². The van der Waals surface area contributed by atoms with E-state index in [1.165, 1.54) is 35.1 Å². The fourth-order valence-corrected chi connectivity index (χ4v) is 4.25. The van der Waals surface area contributed by atoms with Gasteiger partial charge in [0, 0.05) is 18.8 Å². The molecule has 4 heterocycles. The van der Waals surface area contributed by atoms with Gasteiger partial charge in [0.2, 0.25) is 5.65 Å². The van der Waals surface area contributed by atoms with Gasteiger partial charge in [0.05, 0.1) is 35.7 Å². The van der Waals surface area contributed by atoms with Crippen LogP contribution in [0.3, 0.4) is 0 Å². The van der Waals surface area contributed by atoms with Crippen LogP contribution in [0.15, 0.2) is 47.6 Å². The Morgan fingerprint density at radius 1 is 1.20 bits per heavy atom. The highest BCUT2D eigenvalue weighted by molar-refractivity contribution is 5.91. The molecular weight excluding hydrogens is 553 g/mol. The first-order chi connectivity index (χ1) is 19.7. The van der Waals surface area contributed by atoms with E-state index in [4.69, 9.17) is 18.9 Å². The quantitative estimate of drug-likeness (QED) is 0.230. The van der Waals surface area contributed by atoms with Crippen molar-refractivity contribution in [1.29, 1.82) is 0 Å². The van der Waals surface area contributed by atoms with Crippen LogP contribution in [-0.2, 0) is 31.6 Å². The average Bonchev–Trinajstić information content (AvgIpc) is 3.70. The number of ether oxygens (including phenoxy) is 4. The smallest absolute Gasteiger partial charge is 0.437 e. The Labute approximate surface area is 229 Å². The number of benzene rings is 1. The Kier molecular flexibility index (Phi) is 7.90. The number of aryl methyl sites for hydroxylation is 1. The molecule has 1 N–H and O–H groups in total. The van der Waals surface area contributed by atoms with Crippen molar-refractivity contribution in [3.05, 3.63) is 59.9 Å². The SMILES string of the molecule is CCc1cc(Oc2nccn3c(-c4conc4C(F)(F)F)cnc23)ccc1C(=O)OCCOC(=O)[C@@H]1C[C@@H](O)CO1. The summed E-state index contributed by atoms with van der Waals surface area (Å²) in [5.41, 5.74) is -0.395. The van der Waals surface area contributed by atoms with E-state index in [-0.39, 0.29) is 54.6 Å². The number of esters is 2.